The maximum Gasteiger partial charge on any atom is 0.317 e. The molecule has 2 fully saturated rings. The highest BCUT2D eigenvalue weighted by Crippen LogP contribution is 2.44. The van der Waals surface area contributed by atoms with Gasteiger partial charge in [0.25, 0.3) is 0 Å². The molecule has 26 heavy (non-hydrogen) atoms. The second-order valence-corrected chi connectivity index (χ2v) is 7.47. The molecule has 1 saturated carbocycles. The number of rotatable bonds is 4. The molecule has 6 nitrogen and oxygen atoms in total. The number of nitrogens with zero attached hydrogens (tertiary/aromatic N) is 3. The Morgan fingerprint density at radius 3 is 2.85 bits per heavy atom. The monoisotopic (exact) mass is 350 g/mol. The van der Waals surface area contributed by atoms with Gasteiger partial charge in [0.15, 0.2) is 0 Å². The van der Waals surface area contributed by atoms with Crippen molar-refractivity contribution in [3.63, 3.8) is 0 Å². The van der Waals surface area contributed by atoms with E-state index in [0.29, 0.717) is 32.2 Å². The number of likely N-dealkylation sites (tertiary alicyclic amines) is 1. The van der Waals surface area contributed by atoms with Crippen molar-refractivity contribution in [1.82, 2.24) is 20.2 Å². The number of carbonyl (C=O) groups excluding carboxylic acids is 1. The number of carbonyl (C=O) groups is 1. The minimum atomic E-state index is -0.395. The number of ether oxygens (including phenoxy) is 1. The fraction of sp³-hybridized carbons (Fsp3) is 0.450. The zero-order chi connectivity index (χ0) is 17.6. The normalized spacial score (nSPS) is 19.9. The largest absolute Gasteiger partial charge is 0.360 e. The van der Waals surface area contributed by atoms with Crippen LogP contribution < -0.4 is 5.32 Å². The van der Waals surface area contributed by atoms with E-state index in [9.17, 15) is 4.79 Å². The summed E-state index contributed by atoms with van der Waals surface area (Å²) < 4.78 is 6.03. The lowest BCUT2D eigenvalue weighted by molar-refractivity contribution is -0.124. The Kier molecular flexibility index (Phi) is 3.67. The van der Waals surface area contributed by atoms with Crippen molar-refractivity contribution in [3.8, 4) is 0 Å². The van der Waals surface area contributed by atoms with Gasteiger partial charge in [-0.15, -0.1) is 0 Å². The predicted molar refractivity (Wildman–Crippen MR) is 95.6 cm³/mol. The van der Waals surface area contributed by atoms with Gasteiger partial charge in [0.1, 0.15) is 11.4 Å². The Morgan fingerprint density at radius 2 is 2.08 bits per heavy atom. The van der Waals surface area contributed by atoms with E-state index in [1.807, 2.05) is 24.4 Å². The van der Waals surface area contributed by atoms with Gasteiger partial charge in [-0.05, 0) is 24.8 Å². The standard InChI is InChI=1S/C20H22N4O2/c25-19(21-9-8-14-4-2-1-3-5-14)24-12-20(13-24)16-10-22-18(15-6-7-15)23-17(16)11-26-20/h1-5,10,15H,6-9,11-13H2,(H,21,25). The van der Waals surface area contributed by atoms with Gasteiger partial charge < -0.3 is 15.0 Å². The van der Waals surface area contributed by atoms with Crippen LogP contribution in [0.5, 0.6) is 0 Å². The number of amides is 2. The van der Waals surface area contributed by atoms with Gasteiger partial charge in [-0.2, -0.15) is 0 Å². The van der Waals surface area contributed by atoms with Crippen LogP contribution in [0.3, 0.4) is 0 Å². The van der Waals surface area contributed by atoms with E-state index in [4.69, 9.17) is 9.72 Å². The molecule has 2 amide bonds. The molecule has 1 aromatic carbocycles. The molecule has 3 aliphatic rings. The van der Waals surface area contributed by atoms with Crippen molar-refractivity contribution in [2.45, 2.75) is 37.4 Å². The first-order valence-electron chi connectivity index (χ1n) is 9.30. The molecule has 1 N–H and O–H groups in total. The van der Waals surface area contributed by atoms with E-state index in [-0.39, 0.29) is 6.03 Å². The van der Waals surface area contributed by atoms with Gasteiger partial charge in [-0.1, -0.05) is 30.3 Å². The van der Waals surface area contributed by atoms with Crippen molar-refractivity contribution >= 4 is 6.03 Å². The number of hydrogen-bond acceptors (Lipinski definition) is 4. The summed E-state index contributed by atoms with van der Waals surface area (Å²) in [5.74, 6) is 1.50. The van der Waals surface area contributed by atoms with Gasteiger partial charge in [-0.3, -0.25) is 0 Å². The summed E-state index contributed by atoms with van der Waals surface area (Å²) in [6.45, 7) is 2.31. The predicted octanol–water partition coefficient (Wildman–Crippen LogP) is 2.35. The Balaban J connectivity index is 1.17. The van der Waals surface area contributed by atoms with Crippen LogP contribution in [0.4, 0.5) is 4.79 Å². The van der Waals surface area contributed by atoms with Gasteiger partial charge in [-0.25, -0.2) is 14.8 Å². The molecule has 1 aliphatic carbocycles. The van der Waals surface area contributed by atoms with E-state index < -0.39 is 5.60 Å². The summed E-state index contributed by atoms with van der Waals surface area (Å²) in [6.07, 6.45) is 5.15. The fourth-order valence-corrected chi connectivity index (χ4v) is 3.79. The molecule has 1 aromatic heterocycles. The lowest BCUT2D eigenvalue weighted by Crippen LogP contribution is -2.63. The second kappa shape index (κ2) is 6.06. The van der Waals surface area contributed by atoms with Gasteiger partial charge in [0.2, 0.25) is 0 Å². The second-order valence-electron chi connectivity index (χ2n) is 7.47. The van der Waals surface area contributed by atoms with Crippen molar-refractivity contribution in [3.05, 3.63) is 59.2 Å². The summed E-state index contributed by atoms with van der Waals surface area (Å²) in [5.41, 5.74) is 2.90. The summed E-state index contributed by atoms with van der Waals surface area (Å²) in [4.78, 5) is 23.4. The van der Waals surface area contributed by atoms with Crippen LogP contribution >= 0.6 is 0 Å². The molecule has 0 atom stereocenters. The minimum absolute atomic E-state index is 0.0286. The molecule has 2 aromatic rings. The number of urea groups is 1. The summed E-state index contributed by atoms with van der Waals surface area (Å²) in [5, 5.41) is 3.00. The molecule has 5 rings (SSSR count). The average molecular weight is 350 g/mol. The van der Waals surface area contributed by atoms with E-state index in [1.165, 1.54) is 18.4 Å². The molecule has 0 radical (unpaired) electrons. The minimum Gasteiger partial charge on any atom is -0.360 e. The number of fused-ring (bicyclic) bond motifs is 2. The number of aromatic nitrogens is 2. The molecular weight excluding hydrogens is 328 g/mol. The fourth-order valence-electron chi connectivity index (χ4n) is 3.79. The third-order valence-electron chi connectivity index (χ3n) is 5.52. The average Bonchev–Trinajstić information content (AvgIpc) is 3.41. The van der Waals surface area contributed by atoms with Crippen molar-refractivity contribution in [1.29, 1.82) is 0 Å². The van der Waals surface area contributed by atoms with E-state index in [1.54, 1.807) is 4.90 Å². The quantitative estimate of drug-likeness (QED) is 0.919. The molecule has 2 aliphatic heterocycles. The maximum absolute atomic E-state index is 12.3. The lowest BCUT2D eigenvalue weighted by atomic mass is 9.88. The van der Waals surface area contributed by atoms with Crippen molar-refractivity contribution < 1.29 is 9.53 Å². The first kappa shape index (κ1) is 15.8. The van der Waals surface area contributed by atoms with Crippen LogP contribution in [0.1, 0.15) is 41.4 Å². The van der Waals surface area contributed by atoms with Crippen LogP contribution in [0.2, 0.25) is 0 Å². The van der Waals surface area contributed by atoms with Gasteiger partial charge >= 0.3 is 6.03 Å². The molecular formula is C20H22N4O2. The van der Waals surface area contributed by atoms with Crippen molar-refractivity contribution in [2.75, 3.05) is 19.6 Å². The van der Waals surface area contributed by atoms with Gasteiger partial charge in [0, 0.05) is 24.2 Å². The Hall–Kier alpha value is -2.47. The highest BCUT2D eigenvalue weighted by atomic mass is 16.5. The molecule has 1 saturated heterocycles. The van der Waals surface area contributed by atoms with Crippen molar-refractivity contribution in [2.24, 2.45) is 0 Å². The van der Waals surface area contributed by atoms with Crippen LogP contribution in [0, 0.1) is 0 Å². The third kappa shape index (κ3) is 2.74. The molecule has 6 heteroatoms. The smallest absolute Gasteiger partial charge is 0.317 e. The first-order valence-corrected chi connectivity index (χ1v) is 9.30. The SMILES string of the molecule is O=C(NCCc1ccccc1)N1CC2(C1)OCc1nc(C3CC3)ncc12. The molecule has 3 heterocycles. The Labute approximate surface area is 152 Å². The number of benzene rings is 1. The molecule has 0 bridgehead atoms. The Bertz CT molecular complexity index is 829. The van der Waals surface area contributed by atoms with Crippen LogP contribution in [0.15, 0.2) is 36.5 Å². The topological polar surface area (TPSA) is 67.4 Å². The highest BCUT2D eigenvalue weighted by molar-refractivity contribution is 5.75. The number of nitrogens with one attached hydrogen (secondary N) is 1. The Morgan fingerprint density at radius 1 is 1.27 bits per heavy atom. The highest BCUT2D eigenvalue weighted by Gasteiger charge is 2.52. The van der Waals surface area contributed by atoms with E-state index in [0.717, 1.165) is 23.5 Å². The number of hydrogen-bond donors (Lipinski definition) is 1. The summed E-state index contributed by atoms with van der Waals surface area (Å²) in [6, 6.07) is 10.1. The summed E-state index contributed by atoms with van der Waals surface area (Å²) in [7, 11) is 0. The lowest BCUT2D eigenvalue weighted by Gasteiger charge is -2.46. The zero-order valence-corrected chi connectivity index (χ0v) is 14.6. The van der Waals surface area contributed by atoms with Crippen LogP contribution in [0.25, 0.3) is 0 Å². The molecule has 1 spiro atoms. The third-order valence-corrected chi connectivity index (χ3v) is 5.52. The van der Waals surface area contributed by atoms with E-state index in [2.05, 4.69) is 22.4 Å². The van der Waals surface area contributed by atoms with Gasteiger partial charge in [0.05, 0.1) is 25.4 Å². The molecule has 0 unspecified atom stereocenters. The first-order chi connectivity index (χ1) is 12.7. The summed E-state index contributed by atoms with van der Waals surface area (Å²) >= 11 is 0. The van der Waals surface area contributed by atoms with E-state index >= 15 is 0 Å². The maximum atomic E-state index is 12.3. The van der Waals surface area contributed by atoms with Crippen LogP contribution in [-0.2, 0) is 23.4 Å². The molecule has 134 valence electrons. The van der Waals surface area contributed by atoms with Crippen LogP contribution in [-0.4, -0.2) is 40.5 Å². The zero-order valence-electron chi connectivity index (χ0n) is 14.6.